The number of rotatable bonds is 2. The summed E-state index contributed by atoms with van der Waals surface area (Å²) in [6.45, 7) is 13.3. The average Bonchev–Trinajstić information content (AvgIpc) is 2.46. The minimum absolute atomic E-state index is 0.0180. The molecule has 0 saturated heterocycles. The van der Waals surface area contributed by atoms with Gasteiger partial charge in [-0.2, -0.15) is 4.99 Å². The van der Waals surface area contributed by atoms with Crippen LogP contribution in [0.1, 0.15) is 52.7 Å². The fraction of sp³-hybridized carbons (Fsp3) is 0.381. The van der Waals surface area contributed by atoms with E-state index in [1.165, 1.54) is 22.3 Å². The van der Waals surface area contributed by atoms with E-state index in [0.717, 1.165) is 5.69 Å². The van der Waals surface area contributed by atoms with E-state index in [9.17, 15) is 0 Å². The number of thiocarbonyl (C=S) groups is 1. The maximum absolute atomic E-state index is 4.91. The molecule has 1 nitrogen and oxygen atoms in total. The van der Waals surface area contributed by atoms with Crippen LogP contribution in [0.25, 0.3) is 11.1 Å². The highest BCUT2D eigenvalue weighted by Gasteiger charge is 2.26. The smallest absolute Gasteiger partial charge is 0.0814 e. The number of hydrogen-bond acceptors (Lipinski definition) is 2. The van der Waals surface area contributed by atoms with Gasteiger partial charge >= 0.3 is 0 Å². The summed E-state index contributed by atoms with van der Waals surface area (Å²) in [4.78, 5) is 4.44. The predicted molar refractivity (Wildman–Crippen MR) is 104 cm³/mol. The molecule has 0 spiro atoms. The van der Waals surface area contributed by atoms with Gasteiger partial charge in [-0.15, -0.1) is 0 Å². The quantitative estimate of drug-likeness (QED) is 0.443. The highest BCUT2D eigenvalue weighted by atomic mass is 32.1. The first-order valence-electron chi connectivity index (χ1n) is 7.97. The van der Waals surface area contributed by atoms with Crippen molar-refractivity contribution in [2.45, 2.75) is 52.4 Å². The van der Waals surface area contributed by atoms with Gasteiger partial charge in [-0.25, -0.2) is 0 Å². The topological polar surface area (TPSA) is 12.4 Å². The third-order valence-corrected chi connectivity index (χ3v) is 4.08. The SMILES string of the molecule is CC(C)(C)c1cc(-c2ccccc2)cc(C(C)(C)C)c1N=C=S. The molecule has 0 aromatic heterocycles. The van der Waals surface area contributed by atoms with Crippen LogP contribution in [-0.2, 0) is 10.8 Å². The third-order valence-electron chi connectivity index (χ3n) is 3.99. The first kappa shape index (κ1) is 17.6. The molecule has 0 bridgehead atoms. The van der Waals surface area contributed by atoms with E-state index < -0.39 is 0 Å². The Morgan fingerprint density at radius 1 is 0.783 bits per heavy atom. The van der Waals surface area contributed by atoms with E-state index in [4.69, 9.17) is 12.2 Å². The number of benzene rings is 2. The van der Waals surface area contributed by atoms with E-state index in [-0.39, 0.29) is 10.8 Å². The molecule has 120 valence electrons. The Labute approximate surface area is 145 Å². The molecular formula is C21H25NS. The highest BCUT2D eigenvalue weighted by Crippen LogP contribution is 2.42. The van der Waals surface area contributed by atoms with Crippen LogP contribution in [0.2, 0.25) is 0 Å². The zero-order valence-electron chi connectivity index (χ0n) is 14.9. The van der Waals surface area contributed by atoms with E-state index in [0.29, 0.717) is 0 Å². The standard InChI is InChI=1S/C21H25NS/c1-20(2,3)17-12-16(15-10-8-7-9-11-15)13-18(21(4,5)6)19(17)22-14-23/h7-13H,1-6H3. The lowest BCUT2D eigenvalue weighted by molar-refractivity contribution is 0.571. The van der Waals surface area contributed by atoms with Gasteiger partial charge in [-0.05, 0) is 57.4 Å². The Morgan fingerprint density at radius 2 is 1.26 bits per heavy atom. The van der Waals surface area contributed by atoms with Gasteiger partial charge in [0.2, 0.25) is 0 Å². The molecule has 0 heterocycles. The molecule has 0 saturated carbocycles. The monoisotopic (exact) mass is 323 g/mol. The van der Waals surface area contributed by atoms with Gasteiger partial charge in [0.1, 0.15) is 0 Å². The minimum atomic E-state index is -0.0180. The lowest BCUT2D eigenvalue weighted by Gasteiger charge is -2.29. The molecule has 23 heavy (non-hydrogen) atoms. The molecule has 2 rings (SSSR count). The van der Waals surface area contributed by atoms with Crippen LogP contribution in [0.15, 0.2) is 47.5 Å². The maximum atomic E-state index is 4.91. The van der Waals surface area contributed by atoms with E-state index in [1.807, 2.05) is 6.07 Å². The molecule has 0 N–H and O–H groups in total. The average molecular weight is 324 g/mol. The number of hydrogen-bond donors (Lipinski definition) is 0. The lowest BCUT2D eigenvalue weighted by atomic mass is 9.77. The summed E-state index contributed by atoms with van der Waals surface area (Å²) in [7, 11) is 0. The van der Waals surface area contributed by atoms with Gasteiger partial charge in [0.25, 0.3) is 0 Å². The largest absolute Gasteiger partial charge is 0.194 e. The fourth-order valence-corrected chi connectivity index (χ4v) is 2.83. The van der Waals surface area contributed by atoms with Crippen LogP contribution in [0.5, 0.6) is 0 Å². The summed E-state index contributed by atoms with van der Waals surface area (Å²) >= 11 is 4.91. The Kier molecular flexibility index (Phi) is 4.89. The van der Waals surface area contributed by atoms with Gasteiger partial charge in [0.05, 0.1) is 10.8 Å². The van der Waals surface area contributed by atoms with Gasteiger partial charge in [0, 0.05) is 0 Å². The second-order valence-corrected chi connectivity index (χ2v) is 8.17. The van der Waals surface area contributed by atoms with Gasteiger partial charge in [0.15, 0.2) is 0 Å². The van der Waals surface area contributed by atoms with Crippen LogP contribution < -0.4 is 0 Å². The van der Waals surface area contributed by atoms with Crippen molar-refractivity contribution in [3.05, 3.63) is 53.6 Å². The van der Waals surface area contributed by atoms with Crippen LogP contribution >= 0.6 is 12.2 Å². The van der Waals surface area contributed by atoms with E-state index in [2.05, 4.69) is 88.1 Å². The Morgan fingerprint density at radius 3 is 1.65 bits per heavy atom. The molecule has 0 aliphatic heterocycles. The molecule has 0 aliphatic rings. The molecule has 0 atom stereocenters. The van der Waals surface area contributed by atoms with Crippen LogP contribution in [-0.4, -0.2) is 5.16 Å². The molecule has 2 aromatic rings. The van der Waals surface area contributed by atoms with Crippen molar-refractivity contribution >= 4 is 23.1 Å². The number of aliphatic imine (C=N–C) groups is 1. The molecule has 2 heteroatoms. The van der Waals surface area contributed by atoms with Crippen LogP contribution in [0, 0.1) is 0 Å². The molecule has 0 fully saturated rings. The number of isothiocyanates is 1. The van der Waals surface area contributed by atoms with Crippen molar-refractivity contribution in [1.82, 2.24) is 0 Å². The zero-order valence-corrected chi connectivity index (χ0v) is 15.7. The van der Waals surface area contributed by atoms with Gasteiger partial charge in [-0.1, -0.05) is 71.9 Å². The van der Waals surface area contributed by atoms with Crippen molar-refractivity contribution < 1.29 is 0 Å². The second-order valence-electron chi connectivity index (χ2n) is 7.99. The minimum Gasteiger partial charge on any atom is -0.194 e. The Bertz CT molecular complexity index is 705. The first-order valence-corrected chi connectivity index (χ1v) is 8.37. The Balaban J connectivity index is 2.86. The van der Waals surface area contributed by atoms with Crippen molar-refractivity contribution in [3.8, 4) is 11.1 Å². The summed E-state index contributed by atoms with van der Waals surface area (Å²) in [5.41, 5.74) is 5.80. The van der Waals surface area contributed by atoms with Crippen molar-refractivity contribution in [2.24, 2.45) is 4.99 Å². The number of nitrogens with zero attached hydrogens (tertiary/aromatic N) is 1. The van der Waals surface area contributed by atoms with Crippen LogP contribution in [0.3, 0.4) is 0 Å². The summed E-state index contributed by atoms with van der Waals surface area (Å²) in [6, 6.07) is 15.0. The maximum Gasteiger partial charge on any atom is 0.0814 e. The van der Waals surface area contributed by atoms with Crippen molar-refractivity contribution in [2.75, 3.05) is 0 Å². The van der Waals surface area contributed by atoms with Crippen LogP contribution in [0.4, 0.5) is 5.69 Å². The molecule has 0 amide bonds. The zero-order chi connectivity index (χ0) is 17.3. The Hall–Kier alpha value is -1.76. The first-order chi connectivity index (χ1) is 10.6. The van der Waals surface area contributed by atoms with Crippen molar-refractivity contribution in [3.63, 3.8) is 0 Å². The molecule has 0 radical (unpaired) electrons. The normalized spacial score (nSPS) is 11.9. The summed E-state index contributed by atoms with van der Waals surface area (Å²) < 4.78 is 0. The second kappa shape index (κ2) is 6.39. The molecular weight excluding hydrogens is 298 g/mol. The molecule has 0 unspecified atom stereocenters. The third kappa shape index (κ3) is 3.96. The summed E-state index contributed by atoms with van der Waals surface area (Å²) in [5, 5.41) is 2.58. The fourth-order valence-electron chi connectivity index (χ4n) is 2.74. The molecule has 2 aromatic carbocycles. The lowest BCUT2D eigenvalue weighted by Crippen LogP contribution is -2.17. The highest BCUT2D eigenvalue weighted by molar-refractivity contribution is 7.78. The summed E-state index contributed by atoms with van der Waals surface area (Å²) in [6.07, 6.45) is 0. The van der Waals surface area contributed by atoms with Gasteiger partial charge in [-0.3, -0.25) is 0 Å². The van der Waals surface area contributed by atoms with Gasteiger partial charge < -0.3 is 0 Å². The summed E-state index contributed by atoms with van der Waals surface area (Å²) in [5.74, 6) is 0. The predicted octanol–water partition coefficient (Wildman–Crippen LogP) is 6.68. The molecule has 0 aliphatic carbocycles. The van der Waals surface area contributed by atoms with E-state index >= 15 is 0 Å². The van der Waals surface area contributed by atoms with Crippen molar-refractivity contribution in [1.29, 1.82) is 0 Å². The van der Waals surface area contributed by atoms with E-state index in [1.54, 1.807) is 0 Å².